The number of nitrogens with zero attached hydrogens (tertiary/aromatic N) is 7. The van der Waals surface area contributed by atoms with E-state index in [2.05, 4.69) is 25.4 Å². The van der Waals surface area contributed by atoms with E-state index in [1.807, 2.05) is 43.3 Å². The second-order valence-corrected chi connectivity index (χ2v) is 11.2. The van der Waals surface area contributed by atoms with Crippen molar-refractivity contribution >= 4 is 23.1 Å². The number of amides is 1. The van der Waals surface area contributed by atoms with Crippen molar-refractivity contribution in [1.82, 2.24) is 29.6 Å². The molecule has 1 N–H and O–H groups in total. The number of aromatic nitrogens is 5. The molecule has 4 aromatic rings. The Bertz CT molecular complexity index is 1720. The van der Waals surface area contributed by atoms with Gasteiger partial charge in [0.05, 0.1) is 0 Å². The van der Waals surface area contributed by atoms with E-state index < -0.39 is 29.8 Å². The average molecular weight is 621 g/mol. The summed E-state index contributed by atoms with van der Waals surface area (Å²) in [6, 6.07) is 13.8. The molecule has 0 aliphatic carbocycles. The number of hydrogen-bond acceptors (Lipinski definition) is 9. The molecule has 45 heavy (non-hydrogen) atoms. The van der Waals surface area contributed by atoms with Crippen molar-refractivity contribution in [3.8, 4) is 17.5 Å². The third kappa shape index (κ3) is 6.53. The van der Waals surface area contributed by atoms with Crippen molar-refractivity contribution < 1.29 is 27.4 Å². The molecule has 2 aliphatic rings. The van der Waals surface area contributed by atoms with Gasteiger partial charge in [-0.25, -0.2) is 24.4 Å². The molecule has 11 nitrogen and oxygen atoms in total. The number of benzene rings is 1. The fraction of sp³-hybridized carbons (Fsp3) is 0.419. The second kappa shape index (κ2) is 12.7. The molecule has 0 radical (unpaired) electrons. The maximum atomic E-state index is 14.3. The highest BCUT2D eigenvalue weighted by Gasteiger charge is 2.38. The largest absolute Gasteiger partial charge is 0.445 e. The molecule has 1 unspecified atom stereocenters. The minimum absolute atomic E-state index is 0.0339. The lowest BCUT2D eigenvalue weighted by Crippen LogP contribution is -2.50. The fourth-order valence-electron chi connectivity index (χ4n) is 5.67. The molecule has 2 aliphatic heterocycles. The summed E-state index contributed by atoms with van der Waals surface area (Å²) >= 11 is 0. The van der Waals surface area contributed by atoms with Gasteiger partial charge in [-0.15, -0.1) is 0 Å². The lowest BCUT2D eigenvalue weighted by molar-refractivity contribution is -0.137. The van der Waals surface area contributed by atoms with E-state index in [-0.39, 0.29) is 48.2 Å². The van der Waals surface area contributed by atoms with Gasteiger partial charge in [0.2, 0.25) is 5.95 Å². The van der Waals surface area contributed by atoms with Crippen LogP contribution in [0, 0.1) is 11.3 Å². The van der Waals surface area contributed by atoms with E-state index in [0.717, 1.165) is 24.6 Å². The number of carbonyl (C=O) groups excluding carboxylic acids is 1. The zero-order valence-electron chi connectivity index (χ0n) is 24.5. The highest BCUT2D eigenvalue weighted by Crippen LogP contribution is 2.39. The van der Waals surface area contributed by atoms with Gasteiger partial charge in [-0.1, -0.05) is 30.3 Å². The molecule has 0 saturated carbocycles. The Labute approximate surface area is 257 Å². The summed E-state index contributed by atoms with van der Waals surface area (Å²) in [6.07, 6.45) is -1.45. The first-order valence-electron chi connectivity index (χ1n) is 14.8. The molecule has 2 saturated heterocycles. The minimum Gasteiger partial charge on any atom is -0.445 e. The first-order chi connectivity index (χ1) is 21.7. The standard InChI is InChI=1S/C31H31F3N8O3/c1-19-10-11-22(17-41(19)30(43)45-18-20-7-3-2-4-8-20)38-29-36-16-24(31(32,33)34)27(39-29)26-23-13-12-21(15-35)37-28(23)42(40-26)25-9-5-6-14-44-25/h2-4,7-8,12-13,16,19,22,25H,5-6,9-11,14,17-18H2,1H3,(H,36,38,39)/t19-,22-,25?/m0/s1. The van der Waals surface area contributed by atoms with Gasteiger partial charge in [0, 0.05) is 36.8 Å². The number of piperidine rings is 1. The monoisotopic (exact) mass is 620 g/mol. The molecule has 1 amide bonds. The van der Waals surface area contributed by atoms with Gasteiger partial charge in [0.15, 0.2) is 11.9 Å². The number of nitrogens with one attached hydrogen (secondary N) is 1. The van der Waals surface area contributed by atoms with Crippen LogP contribution in [0.4, 0.5) is 23.9 Å². The Morgan fingerprint density at radius 3 is 2.67 bits per heavy atom. The summed E-state index contributed by atoms with van der Waals surface area (Å²) in [5.41, 5.74) is -0.322. The Balaban J connectivity index is 1.29. The van der Waals surface area contributed by atoms with Gasteiger partial charge in [-0.2, -0.15) is 23.5 Å². The van der Waals surface area contributed by atoms with E-state index in [9.17, 15) is 23.2 Å². The van der Waals surface area contributed by atoms with Crippen LogP contribution in [0.5, 0.6) is 0 Å². The number of anilines is 1. The van der Waals surface area contributed by atoms with E-state index >= 15 is 0 Å². The quantitative estimate of drug-likeness (QED) is 0.272. The third-order valence-electron chi connectivity index (χ3n) is 8.07. The summed E-state index contributed by atoms with van der Waals surface area (Å²) < 4.78 is 55.8. The third-order valence-corrected chi connectivity index (χ3v) is 8.07. The first-order valence-corrected chi connectivity index (χ1v) is 14.8. The van der Waals surface area contributed by atoms with Gasteiger partial charge >= 0.3 is 12.3 Å². The topological polar surface area (TPSA) is 131 Å². The number of likely N-dealkylation sites (tertiary alicyclic amines) is 1. The maximum absolute atomic E-state index is 14.3. The Morgan fingerprint density at radius 1 is 1.11 bits per heavy atom. The van der Waals surface area contributed by atoms with Crippen LogP contribution in [-0.4, -0.2) is 61.0 Å². The van der Waals surface area contributed by atoms with Crippen molar-refractivity contribution in [1.29, 1.82) is 5.26 Å². The molecule has 0 spiro atoms. The number of alkyl halides is 3. The second-order valence-electron chi connectivity index (χ2n) is 11.2. The van der Waals surface area contributed by atoms with Crippen molar-refractivity contribution in [2.75, 3.05) is 18.5 Å². The number of hydrogen-bond donors (Lipinski definition) is 1. The van der Waals surface area contributed by atoms with Crippen LogP contribution in [0.2, 0.25) is 0 Å². The van der Waals surface area contributed by atoms with Gasteiger partial charge in [0.25, 0.3) is 0 Å². The summed E-state index contributed by atoms with van der Waals surface area (Å²) in [4.78, 5) is 27.2. The van der Waals surface area contributed by atoms with E-state index in [4.69, 9.17) is 9.47 Å². The number of fused-ring (bicyclic) bond motifs is 1. The SMILES string of the molecule is C[C@H]1CC[C@H](Nc2ncc(C(F)(F)F)c(-c3nn(C4CCCCO4)c4nc(C#N)ccc34)n2)CN1C(=O)OCc1ccccc1. The van der Waals surface area contributed by atoms with Crippen LogP contribution in [-0.2, 0) is 22.3 Å². The van der Waals surface area contributed by atoms with Gasteiger partial charge < -0.3 is 19.7 Å². The highest BCUT2D eigenvalue weighted by atomic mass is 19.4. The molecular formula is C31H31F3N8O3. The van der Waals surface area contributed by atoms with E-state index in [1.54, 1.807) is 4.90 Å². The lowest BCUT2D eigenvalue weighted by Gasteiger charge is -2.37. The highest BCUT2D eigenvalue weighted by molar-refractivity contribution is 5.91. The Hall–Kier alpha value is -4.77. The average Bonchev–Trinajstić information content (AvgIpc) is 3.43. The normalized spacial score (nSPS) is 20.5. The zero-order chi connectivity index (χ0) is 31.6. The van der Waals surface area contributed by atoms with Gasteiger partial charge in [-0.05, 0) is 56.7 Å². The van der Waals surface area contributed by atoms with Crippen LogP contribution in [0.15, 0.2) is 48.7 Å². The number of ether oxygens (including phenoxy) is 2. The van der Waals surface area contributed by atoms with Crippen molar-refractivity contribution in [2.45, 2.75) is 70.1 Å². The molecule has 1 aromatic carbocycles. The number of halogens is 3. The molecule has 2 fully saturated rings. The van der Waals surface area contributed by atoms with Gasteiger partial charge in [0.1, 0.15) is 35.3 Å². The molecular weight excluding hydrogens is 589 g/mol. The zero-order valence-corrected chi connectivity index (χ0v) is 24.5. The molecule has 5 heterocycles. The number of pyridine rings is 1. The van der Waals surface area contributed by atoms with Crippen molar-refractivity contribution in [3.05, 3.63) is 65.5 Å². The fourth-order valence-corrected chi connectivity index (χ4v) is 5.67. The lowest BCUT2D eigenvalue weighted by atomic mass is 10.00. The predicted octanol–water partition coefficient (Wildman–Crippen LogP) is 6.08. The molecule has 14 heteroatoms. The summed E-state index contributed by atoms with van der Waals surface area (Å²) in [5, 5.41) is 17.4. The number of nitriles is 1. The van der Waals surface area contributed by atoms with E-state index in [0.29, 0.717) is 31.3 Å². The van der Waals surface area contributed by atoms with Crippen LogP contribution >= 0.6 is 0 Å². The predicted molar refractivity (Wildman–Crippen MR) is 157 cm³/mol. The van der Waals surface area contributed by atoms with Crippen LogP contribution < -0.4 is 5.32 Å². The van der Waals surface area contributed by atoms with Gasteiger partial charge in [-0.3, -0.25) is 0 Å². The van der Waals surface area contributed by atoms with Crippen molar-refractivity contribution in [2.24, 2.45) is 0 Å². The Morgan fingerprint density at radius 2 is 1.93 bits per heavy atom. The van der Waals surface area contributed by atoms with Crippen molar-refractivity contribution in [3.63, 3.8) is 0 Å². The molecule has 0 bridgehead atoms. The Kier molecular flexibility index (Phi) is 8.53. The maximum Gasteiger partial charge on any atom is 0.420 e. The van der Waals surface area contributed by atoms with Crippen LogP contribution in [0.25, 0.3) is 22.4 Å². The summed E-state index contributed by atoms with van der Waals surface area (Å²) in [6.45, 7) is 2.79. The number of carbonyl (C=O) groups is 1. The van der Waals surface area contributed by atoms with Crippen LogP contribution in [0.1, 0.15) is 62.1 Å². The minimum atomic E-state index is -4.77. The van der Waals surface area contributed by atoms with Crippen LogP contribution in [0.3, 0.4) is 0 Å². The summed E-state index contributed by atoms with van der Waals surface area (Å²) in [7, 11) is 0. The molecule has 234 valence electrons. The molecule has 3 atom stereocenters. The molecule has 6 rings (SSSR count). The smallest absolute Gasteiger partial charge is 0.420 e. The first kappa shape index (κ1) is 30.3. The molecule has 3 aromatic heterocycles. The number of rotatable bonds is 6. The van der Waals surface area contributed by atoms with E-state index in [1.165, 1.54) is 16.8 Å². The summed E-state index contributed by atoms with van der Waals surface area (Å²) in [5.74, 6) is -0.0339.